The summed E-state index contributed by atoms with van der Waals surface area (Å²) in [6, 6.07) is 15.4. The zero-order valence-electron chi connectivity index (χ0n) is 14.7. The number of nitrogens with one attached hydrogen (secondary N) is 1. The summed E-state index contributed by atoms with van der Waals surface area (Å²) in [6.45, 7) is 4.27. The highest BCUT2D eigenvalue weighted by Gasteiger charge is 2.29. The van der Waals surface area contributed by atoms with Gasteiger partial charge < -0.3 is 14.9 Å². The van der Waals surface area contributed by atoms with Crippen LogP contribution in [0.15, 0.2) is 53.7 Å². The van der Waals surface area contributed by atoms with Gasteiger partial charge in [0.15, 0.2) is 0 Å². The van der Waals surface area contributed by atoms with Gasteiger partial charge in [-0.25, -0.2) is 0 Å². The summed E-state index contributed by atoms with van der Waals surface area (Å²) < 4.78 is 5.15. The fraction of sp³-hybridized carbons (Fsp3) is 0.300. The molecule has 130 valence electrons. The molecule has 3 rings (SSSR count). The average molecular weight is 338 g/mol. The van der Waals surface area contributed by atoms with E-state index in [-0.39, 0.29) is 5.91 Å². The molecule has 1 amide bonds. The van der Waals surface area contributed by atoms with Crippen molar-refractivity contribution in [1.29, 1.82) is 0 Å². The van der Waals surface area contributed by atoms with E-state index in [4.69, 9.17) is 9.57 Å². The highest BCUT2D eigenvalue weighted by Crippen LogP contribution is 2.21. The van der Waals surface area contributed by atoms with Crippen molar-refractivity contribution in [3.8, 4) is 5.75 Å². The van der Waals surface area contributed by atoms with Gasteiger partial charge in [-0.2, -0.15) is 0 Å². The lowest BCUT2D eigenvalue weighted by Crippen LogP contribution is -2.28. The lowest BCUT2D eigenvalue weighted by atomic mass is 10.0. The number of hydrogen-bond donors (Lipinski definition) is 1. The Bertz CT molecular complexity index is 765. The normalized spacial score (nSPS) is 16.3. The number of amides is 1. The Balaban J connectivity index is 1.59. The average Bonchev–Trinajstić information content (AvgIpc) is 3.12. The summed E-state index contributed by atoms with van der Waals surface area (Å²) in [6.07, 6.45) is -0.163. The number of nitrogens with zero attached hydrogens (tertiary/aromatic N) is 1. The largest absolute Gasteiger partial charge is 0.497 e. The third-order valence-electron chi connectivity index (χ3n) is 4.23. The molecule has 0 aliphatic carbocycles. The Morgan fingerprint density at radius 1 is 1.16 bits per heavy atom. The molecule has 1 N–H and O–H groups in total. The first-order chi connectivity index (χ1) is 12.1. The van der Waals surface area contributed by atoms with Crippen LogP contribution in [0, 0.1) is 0 Å². The van der Waals surface area contributed by atoms with Crippen molar-refractivity contribution < 1.29 is 14.4 Å². The fourth-order valence-electron chi connectivity index (χ4n) is 2.65. The molecule has 0 aromatic heterocycles. The van der Waals surface area contributed by atoms with Crippen LogP contribution in [0.1, 0.15) is 37.3 Å². The Labute approximate surface area is 147 Å². The van der Waals surface area contributed by atoms with Crippen LogP contribution in [0.25, 0.3) is 0 Å². The van der Waals surface area contributed by atoms with Crippen LogP contribution < -0.4 is 10.1 Å². The molecule has 5 nitrogen and oxygen atoms in total. The summed E-state index contributed by atoms with van der Waals surface area (Å²) >= 11 is 0. The standard InChI is InChI=1S/C20H22N2O3/c1-13(2)14-4-8-16(9-5-14)21-20(23)19-12-18(22-25-19)15-6-10-17(24-3)11-7-15/h4-11,13,19H,12H2,1-3H3,(H,21,23). The second kappa shape index (κ2) is 7.38. The molecule has 0 bridgehead atoms. The van der Waals surface area contributed by atoms with E-state index in [2.05, 4.69) is 24.3 Å². The third kappa shape index (κ3) is 3.99. The zero-order valence-corrected chi connectivity index (χ0v) is 14.7. The molecule has 5 heteroatoms. The van der Waals surface area contributed by atoms with Gasteiger partial charge in [-0.1, -0.05) is 31.1 Å². The molecule has 1 atom stereocenters. The first-order valence-corrected chi connectivity index (χ1v) is 8.34. The van der Waals surface area contributed by atoms with Gasteiger partial charge in [-0.3, -0.25) is 4.79 Å². The van der Waals surface area contributed by atoms with Crippen LogP contribution in [0.4, 0.5) is 5.69 Å². The maximum Gasteiger partial charge on any atom is 0.268 e. The molecule has 0 saturated carbocycles. The number of anilines is 1. The second-order valence-corrected chi connectivity index (χ2v) is 6.33. The number of hydrogen-bond acceptors (Lipinski definition) is 4. The molecular weight excluding hydrogens is 316 g/mol. The van der Waals surface area contributed by atoms with Gasteiger partial charge in [0.2, 0.25) is 6.10 Å². The van der Waals surface area contributed by atoms with Crippen molar-refractivity contribution in [3.05, 3.63) is 59.7 Å². The Morgan fingerprint density at radius 3 is 2.44 bits per heavy atom. The van der Waals surface area contributed by atoms with E-state index in [1.165, 1.54) is 5.56 Å². The van der Waals surface area contributed by atoms with Crippen LogP contribution in [0.5, 0.6) is 5.75 Å². The number of rotatable bonds is 5. The summed E-state index contributed by atoms with van der Waals surface area (Å²) in [5.41, 5.74) is 3.69. The van der Waals surface area contributed by atoms with E-state index in [0.717, 1.165) is 22.7 Å². The van der Waals surface area contributed by atoms with E-state index in [9.17, 15) is 4.79 Å². The van der Waals surface area contributed by atoms with Crippen LogP contribution >= 0.6 is 0 Å². The lowest BCUT2D eigenvalue weighted by Gasteiger charge is -2.11. The minimum Gasteiger partial charge on any atom is -0.497 e. The molecule has 0 fully saturated rings. The summed E-state index contributed by atoms with van der Waals surface area (Å²) in [5, 5.41) is 6.94. The minimum atomic E-state index is -0.609. The Kier molecular flexibility index (Phi) is 5.03. The van der Waals surface area contributed by atoms with Crippen molar-refractivity contribution in [2.24, 2.45) is 5.16 Å². The van der Waals surface area contributed by atoms with Crippen molar-refractivity contribution >= 4 is 17.3 Å². The molecular formula is C20H22N2O3. The van der Waals surface area contributed by atoms with Crippen LogP contribution in [-0.2, 0) is 9.63 Å². The summed E-state index contributed by atoms with van der Waals surface area (Å²) in [5.74, 6) is 1.05. The number of carbonyl (C=O) groups excluding carboxylic acids is 1. The van der Waals surface area contributed by atoms with Gasteiger partial charge in [-0.05, 0) is 53.4 Å². The van der Waals surface area contributed by atoms with Gasteiger partial charge in [0.25, 0.3) is 5.91 Å². The molecule has 2 aromatic carbocycles. The lowest BCUT2D eigenvalue weighted by molar-refractivity contribution is -0.125. The molecule has 1 heterocycles. The number of carbonyl (C=O) groups is 1. The summed E-state index contributed by atoms with van der Waals surface area (Å²) in [7, 11) is 1.62. The number of benzene rings is 2. The number of oxime groups is 1. The topological polar surface area (TPSA) is 59.9 Å². The Morgan fingerprint density at radius 2 is 1.84 bits per heavy atom. The van der Waals surface area contributed by atoms with Gasteiger partial charge in [-0.15, -0.1) is 0 Å². The smallest absolute Gasteiger partial charge is 0.268 e. The van der Waals surface area contributed by atoms with E-state index in [0.29, 0.717) is 12.3 Å². The second-order valence-electron chi connectivity index (χ2n) is 6.33. The molecule has 0 saturated heterocycles. The quantitative estimate of drug-likeness (QED) is 0.898. The number of methoxy groups -OCH3 is 1. The molecule has 1 aliphatic rings. The maximum absolute atomic E-state index is 12.4. The third-order valence-corrected chi connectivity index (χ3v) is 4.23. The van der Waals surface area contributed by atoms with Crippen LogP contribution in [0.3, 0.4) is 0 Å². The minimum absolute atomic E-state index is 0.190. The molecule has 1 unspecified atom stereocenters. The maximum atomic E-state index is 12.4. The van der Waals surface area contributed by atoms with Gasteiger partial charge in [0.05, 0.1) is 12.8 Å². The molecule has 0 radical (unpaired) electrons. The van der Waals surface area contributed by atoms with E-state index in [1.54, 1.807) is 7.11 Å². The highest BCUT2D eigenvalue weighted by molar-refractivity contribution is 6.06. The van der Waals surface area contributed by atoms with Gasteiger partial charge in [0.1, 0.15) is 5.75 Å². The van der Waals surface area contributed by atoms with Gasteiger partial charge in [0, 0.05) is 12.1 Å². The number of ether oxygens (including phenoxy) is 1. The summed E-state index contributed by atoms with van der Waals surface area (Å²) in [4.78, 5) is 17.7. The van der Waals surface area contributed by atoms with E-state index < -0.39 is 6.10 Å². The van der Waals surface area contributed by atoms with Crippen molar-refractivity contribution in [3.63, 3.8) is 0 Å². The SMILES string of the molecule is COc1ccc(C2=NOC(C(=O)Nc3ccc(C(C)C)cc3)C2)cc1. The van der Waals surface area contributed by atoms with E-state index >= 15 is 0 Å². The predicted octanol–water partition coefficient (Wildman–Crippen LogP) is 3.95. The first-order valence-electron chi connectivity index (χ1n) is 8.34. The van der Waals surface area contributed by atoms with Gasteiger partial charge >= 0.3 is 0 Å². The van der Waals surface area contributed by atoms with Crippen molar-refractivity contribution in [2.75, 3.05) is 12.4 Å². The first kappa shape index (κ1) is 17.0. The Hall–Kier alpha value is -2.82. The highest BCUT2D eigenvalue weighted by atomic mass is 16.6. The van der Waals surface area contributed by atoms with Crippen molar-refractivity contribution in [2.45, 2.75) is 32.3 Å². The fourth-order valence-corrected chi connectivity index (χ4v) is 2.65. The zero-order chi connectivity index (χ0) is 17.8. The molecule has 0 spiro atoms. The van der Waals surface area contributed by atoms with Crippen LogP contribution in [-0.4, -0.2) is 24.8 Å². The predicted molar refractivity (Wildman–Crippen MR) is 98.2 cm³/mol. The monoisotopic (exact) mass is 338 g/mol. The van der Waals surface area contributed by atoms with Crippen molar-refractivity contribution in [1.82, 2.24) is 0 Å². The van der Waals surface area contributed by atoms with Crippen LogP contribution in [0.2, 0.25) is 0 Å². The molecule has 2 aromatic rings. The van der Waals surface area contributed by atoms with E-state index in [1.807, 2.05) is 48.5 Å². The molecule has 1 aliphatic heterocycles. The molecule has 25 heavy (non-hydrogen) atoms.